The molecule has 0 aromatic carbocycles. The topological polar surface area (TPSA) is 86.5 Å². The molecule has 1 fully saturated rings. The van der Waals surface area contributed by atoms with E-state index in [2.05, 4.69) is 4.98 Å². The number of ether oxygens (including phenoxy) is 1. The molecule has 7 heteroatoms. The number of pyridine rings is 1. The SMILES string of the molecule is CC(C)C(=O)N(C)c1ccnc(C(=O)O[C@@H]2CCN(C#N)C2)c1. The molecule has 0 bridgehead atoms. The summed E-state index contributed by atoms with van der Waals surface area (Å²) in [6.45, 7) is 4.63. The number of anilines is 1. The third-order valence-electron chi connectivity index (χ3n) is 3.72. The number of hydrogen-bond acceptors (Lipinski definition) is 6. The molecule has 1 aliphatic heterocycles. The van der Waals surface area contributed by atoms with Crippen LogP contribution in [0.5, 0.6) is 0 Å². The van der Waals surface area contributed by atoms with Crippen LogP contribution in [0.15, 0.2) is 18.3 Å². The number of carbonyl (C=O) groups excluding carboxylic acids is 2. The summed E-state index contributed by atoms with van der Waals surface area (Å²) in [4.78, 5) is 31.3. The Labute approximate surface area is 135 Å². The minimum absolute atomic E-state index is 0.0454. The van der Waals surface area contributed by atoms with Crippen molar-refractivity contribution in [2.24, 2.45) is 5.92 Å². The van der Waals surface area contributed by atoms with Crippen LogP contribution < -0.4 is 4.90 Å². The molecule has 0 radical (unpaired) electrons. The normalized spacial score (nSPS) is 17.0. The van der Waals surface area contributed by atoms with Crippen LogP contribution in [-0.2, 0) is 9.53 Å². The fourth-order valence-corrected chi connectivity index (χ4v) is 2.38. The summed E-state index contributed by atoms with van der Waals surface area (Å²) in [5, 5.41) is 8.81. The minimum atomic E-state index is -0.540. The number of carbonyl (C=O) groups is 2. The average Bonchev–Trinajstić information content (AvgIpc) is 3.01. The lowest BCUT2D eigenvalue weighted by Gasteiger charge is -2.20. The van der Waals surface area contributed by atoms with Crippen molar-refractivity contribution in [3.63, 3.8) is 0 Å². The van der Waals surface area contributed by atoms with Crippen LogP contribution in [0.1, 0.15) is 30.8 Å². The highest BCUT2D eigenvalue weighted by molar-refractivity contribution is 5.95. The first kappa shape index (κ1) is 16.7. The predicted molar refractivity (Wildman–Crippen MR) is 83.5 cm³/mol. The van der Waals surface area contributed by atoms with Crippen molar-refractivity contribution in [3.05, 3.63) is 24.0 Å². The van der Waals surface area contributed by atoms with Crippen molar-refractivity contribution < 1.29 is 14.3 Å². The van der Waals surface area contributed by atoms with Gasteiger partial charge in [0.05, 0.1) is 6.54 Å². The molecule has 0 aliphatic carbocycles. The van der Waals surface area contributed by atoms with Crippen LogP contribution in [0.25, 0.3) is 0 Å². The van der Waals surface area contributed by atoms with Gasteiger partial charge in [-0.25, -0.2) is 9.78 Å². The lowest BCUT2D eigenvalue weighted by molar-refractivity contribution is -0.121. The van der Waals surface area contributed by atoms with Crippen molar-refractivity contribution in [3.8, 4) is 6.19 Å². The quantitative estimate of drug-likeness (QED) is 0.616. The van der Waals surface area contributed by atoms with E-state index >= 15 is 0 Å². The molecule has 1 aromatic heterocycles. The van der Waals surface area contributed by atoms with Gasteiger partial charge >= 0.3 is 5.97 Å². The molecule has 1 saturated heterocycles. The molecule has 1 atom stereocenters. The summed E-state index contributed by atoms with van der Waals surface area (Å²) in [6, 6.07) is 3.21. The van der Waals surface area contributed by atoms with Crippen LogP contribution in [0.3, 0.4) is 0 Å². The van der Waals surface area contributed by atoms with Gasteiger partial charge in [-0.05, 0) is 12.1 Å². The number of likely N-dealkylation sites (tertiary alicyclic amines) is 1. The Morgan fingerprint density at radius 3 is 2.87 bits per heavy atom. The van der Waals surface area contributed by atoms with Gasteiger partial charge < -0.3 is 14.5 Å². The first-order chi connectivity index (χ1) is 10.9. The second-order valence-corrected chi connectivity index (χ2v) is 5.81. The van der Waals surface area contributed by atoms with Gasteiger partial charge in [0.15, 0.2) is 6.19 Å². The summed E-state index contributed by atoms with van der Waals surface area (Å²) in [6.07, 6.45) is 3.84. The third-order valence-corrected chi connectivity index (χ3v) is 3.72. The Hall–Kier alpha value is -2.62. The highest BCUT2D eigenvalue weighted by Gasteiger charge is 2.26. The Balaban J connectivity index is 2.06. The molecule has 0 saturated carbocycles. The summed E-state index contributed by atoms with van der Waals surface area (Å²) < 4.78 is 5.37. The number of rotatable bonds is 4. The fraction of sp³-hybridized carbons (Fsp3) is 0.500. The van der Waals surface area contributed by atoms with Crippen molar-refractivity contribution in [2.75, 3.05) is 25.0 Å². The molecule has 0 unspecified atom stereocenters. The van der Waals surface area contributed by atoms with Gasteiger partial charge in [0.1, 0.15) is 11.8 Å². The summed E-state index contributed by atoms with van der Waals surface area (Å²) in [7, 11) is 1.66. The Kier molecular flexibility index (Phi) is 5.16. The van der Waals surface area contributed by atoms with E-state index < -0.39 is 5.97 Å². The number of aromatic nitrogens is 1. The second-order valence-electron chi connectivity index (χ2n) is 5.81. The molecule has 7 nitrogen and oxygen atoms in total. The van der Waals surface area contributed by atoms with E-state index in [1.807, 2.05) is 20.0 Å². The molecule has 122 valence electrons. The molecule has 1 amide bonds. The van der Waals surface area contributed by atoms with Crippen LogP contribution in [0, 0.1) is 17.4 Å². The van der Waals surface area contributed by atoms with Crippen LogP contribution in [0.2, 0.25) is 0 Å². The zero-order valence-electron chi connectivity index (χ0n) is 13.5. The van der Waals surface area contributed by atoms with E-state index in [4.69, 9.17) is 10.00 Å². The Morgan fingerprint density at radius 1 is 1.52 bits per heavy atom. The average molecular weight is 316 g/mol. The van der Waals surface area contributed by atoms with Gasteiger partial charge in [0.2, 0.25) is 5.91 Å². The molecule has 1 aromatic rings. The molecular formula is C16H20N4O3. The van der Waals surface area contributed by atoms with Gasteiger partial charge in [-0.1, -0.05) is 13.8 Å². The minimum Gasteiger partial charge on any atom is -0.456 e. The fourth-order valence-electron chi connectivity index (χ4n) is 2.38. The van der Waals surface area contributed by atoms with E-state index in [1.165, 1.54) is 11.1 Å². The van der Waals surface area contributed by atoms with Gasteiger partial charge in [-0.2, -0.15) is 5.26 Å². The third kappa shape index (κ3) is 3.97. The maximum absolute atomic E-state index is 12.2. The molecule has 1 aliphatic rings. The first-order valence-corrected chi connectivity index (χ1v) is 7.51. The smallest absolute Gasteiger partial charge is 0.357 e. The zero-order valence-corrected chi connectivity index (χ0v) is 13.5. The van der Waals surface area contributed by atoms with Gasteiger partial charge in [0, 0.05) is 37.8 Å². The van der Waals surface area contributed by atoms with E-state index in [0.717, 1.165) is 0 Å². The molecule has 2 rings (SSSR count). The maximum atomic E-state index is 12.2. The molecule has 0 spiro atoms. The molecule has 2 heterocycles. The highest BCUT2D eigenvalue weighted by atomic mass is 16.5. The summed E-state index contributed by atoms with van der Waals surface area (Å²) in [5.74, 6) is -0.725. The van der Waals surface area contributed by atoms with E-state index in [-0.39, 0.29) is 23.6 Å². The van der Waals surface area contributed by atoms with E-state index in [9.17, 15) is 9.59 Å². The Morgan fingerprint density at radius 2 is 2.26 bits per heavy atom. The van der Waals surface area contributed by atoms with Crippen molar-refractivity contribution >= 4 is 17.6 Å². The maximum Gasteiger partial charge on any atom is 0.357 e. The lowest BCUT2D eigenvalue weighted by atomic mass is 10.2. The van der Waals surface area contributed by atoms with Gasteiger partial charge in [0.25, 0.3) is 0 Å². The van der Waals surface area contributed by atoms with Crippen molar-refractivity contribution in [2.45, 2.75) is 26.4 Å². The molecule has 23 heavy (non-hydrogen) atoms. The number of nitrogens with zero attached hydrogens (tertiary/aromatic N) is 4. The predicted octanol–water partition coefficient (Wildman–Crippen LogP) is 1.41. The van der Waals surface area contributed by atoms with Gasteiger partial charge in [-0.15, -0.1) is 0 Å². The lowest BCUT2D eigenvalue weighted by Crippen LogP contribution is -2.30. The largest absolute Gasteiger partial charge is 0.456 e. The number of nitriles is 1. The molecule has 0 N–H and O–H groups in total. The van der Waals surface area contributed by atoms with Crippen LogP contribution >= 0.6 is 0 Å². The van der Waals surface area contributed by atoms with Crippen molar-refractivity contribution in [1.29, 1.82) is 5.26 Å². The second kappa shape index (κ2) is 7.09. The van der Waals surface area contributed by atoms with E-state index in [1.54, 1.807) is 24.1 Å². The zero-order chi connectivity index (χ0) is 17.0. The monoisotopic (exact) mass is 316 g/mol. The van der Waals surface area contributed by atoms with Crippen LogP contribution in [0.4, 0.5) is 5.69 Å². The van der Waals surface area contributed by atoms with Crippen LogP contribution in [-0.4, -0.2) is 48.0 Å². The highest BCUT2D eigenvalue weighted by Crippen LogP contribution is 2.18. The Bertz CT molecular complexity index is 638. The molecular weight excluding hydrogens is 296 g/mol. The van der Waals surface area contributed by atoms with E-state index in [0.29, 0.717) is 25.2 Å². The first-order valence-electron chi connectivity index (χ1n) is 7.51. The number of esters is 1. The number of hydrogen-bond donors (Lipinski definition) is 0. The number of amides is 1. The summed E-state index contributed by atoms with van der Waals surface area (Å²) in [5.41, 5.74) is 0.747. The van der Waals surface area contributed by atoms with Gasteiger partial charge in [-0.3, -0.25) is 4.79 Å². The standard InChI is InChI=1S/C16H20N4O3/c1-11(2)15(21)19(3)12-4-6-18-14(8-12)16(22)23-13-5-7-20(9-13)10-17/h4,6,8,11,13H,5,7,9H2,1-3H3/t13-/m1/s1. The van der Waals surface area contributed by atoms with Crippen molar-refractivity contribution in [1.82, 2.24) is 9.88 Å². The summed E-state index contributed by atoms with van der Waals surface area (Å²) >= 11 is 0.